The van der Waals surface area contributed by atoms with Crippen molar-refractivity contribution in [3.05, 3.63) is 36.0 Å². The third-order valence-electron chi connectivity index (χ3n) is 6.06. The lowest BCUT2D eigenvalue weighted by Crippen LogP contribution is -2.58. The Balaban J connectivity index is 2.33. The zero-order chi connectivity index (χ0) is 29.3. The summed E-state index contributed by atoms with van der Waals surface area (Å²) in [6.45, 7) is 3.47. The van der Waals surface area contributed by atoms with Crippen LogP contribution < -0.4 is 27.4 Å². The van der Waals surface area contributed by atoms with Gasteiger partial charge in [0.05, 0.1) is 12.5 Å². The maximum atomic E-state index is 13.4. The maximum Gasteiger partial charge on any atom is 0.326 e. The van der Waals surface area contributed by atoms with Crippen molar-refractivity contribution < 1.29 is 39.0 Å². The van der Waals surface area contributed by atoms with Crippen LogP contribution in [-0.2, 0) is 35.2 Å². The molecule has 212 valence electrons. The highest BCUT2D eigenvalue weighted by atomic mass is 16.4. The number of fused-ring (bicyclic) bond motifs is 1. The monoisotopic (exact) mass is 546 g/mol. The summed E-state index contributed by atoms with van der Waals surface area (Å²) in [7, 11) is 0. The smallest absolute Gasteiger partial charge is 0.326 e. The average molecular weight is 547 g/mol. The molecule has 0 radical (unpaired) electrons. The summed E-state index contributed by atoms with van der Waals surface area (Å²) in [5, 5.41) is 26.1. The Hall–Kier alpha value is -4.46. The molecule has 0 fully saturated rings. The number of carboxylic acid groups (broad SMARTS) is 2. The number of carboxylic acids is 2. The summed E-state index contributed by atoms with van der Waals surface area (Å²) in [6.07, 6.45) is 0.135. The average Bonchev–Trinajstić information content (AvgIpc) is 3.27. The highest BCUT2D eigenvalue weighted by molar-refractivity contribution is 5.95. The van der Waals surface area contributed by atoms with Crippen LogP contribution >= 0.6 is 0 Å². The Labute approximate surface area is 223 Å². The van der Waals surface area contributed by atoms with E-state index in [0.29, 0.717) is 5.56 Å². The van der Waals surface area contributed by atoms with Crippen molar-refractivity contribution in [2.45, 2.75) is 63.7 Å². The van der Waals surface area contributed by atoms with Crippen LogP contribution in [0.25, 0.3) is 10.9 Å². The largest absolute Gasteiger partial charge is 0.481 e. The number of amides is 4. The lowest BCUT2D eigenvalue weighted by Gasteiger charge is -2.25. The molecule has 14 heteroatoms. The molecule has 14 nitrogen and oxygen atoms in total. The fourth-order valence-electron chi connectivity index (χ4n) is 3.78. The Morgan fingerprint density at radius 1 is 0.897 bits per heavy atom. The molecule has 0 saturated heterocycles. The van der Waals surface area contributed by atoms with E-state index in [9.17, 15) is 33.9 Å². The molecule has 4 unspecified atom stereocenters. The van der Waals surface area contributed by atoms with Gasteiger partial charge in [-0.3, -0.25) is 24.0 Å². The van der Waals surface area contributed by atoms with Gasteiger partial charge in [-0.25, -0.2) is 4.79 Å². The number of primary amides is 1. The molecule has 39 heavy (non-hydrogen) atoms. The molecule has 4 atom stereocenters. The number of nitrogens with one attached hydrogen (secondary N) is 4. The molecule has 0 aliphatic rings. The Bertz CT molecular complexity index is 1230. The first kappa shape index (κ1) is 30.8. The summed E-state index contributed by atoms with van der Waals surface area (Å²) < 4.78 is 0. The highest BCUT2D eigenvalue weighted by Crippen LogP contribution is 2.19. The predicted octanol–water partition coefficient (Wildman–Crippen LogP) is -1.03. The van der Waals surface area contributed by atoms with E-state index >= 15 is 0 Å². The number of aromatic amines is 1. The normalized spacial score (nSPS) is 14.2. The van der Waals surface area contributed by atoms with Crippen LogP contribution in [0, 0.1) is 5.92 Å². The first-order valence-electron chi connectivity index (χ1n) is 12.2. The molecule has 1 heterocycles. The van der Waals surface area contributed by atoms with Crippen molar-refractivity contribution in [2.75, 3.05) is 0 Å². The first-order chi connectivity index (χ1) is 18.3. The molecule has 2 aromatic rings. The van der Waals surface area contributed by atoms with E-state index in [4.69, 9.17) is 16.6 Å². The molecule has 1 aromatic heterocycles. The number of rotatable bonds is 15. The van der Waals surface area contributed by atoms with Gasteiger partial charge in [-0.15, -0.1) is 0 Å². The second kappa shape index (κ2) is 13.9. The number of H-pyrrole nitrogens is 1. The van der Waals surface area contributed by atoms with E-state index in [1.54, 1.807) is 20.0 Å². The number of nitrogens with two attached hydrogens (primary N) is 2. The predicted molar refractivity (Wildman–Crippen MR) is 139 cm³/mol. The number of benzene rings is 1. The number of aliphatic carboxylic acids is 2. The summed E-state index contributed by atoms with van der Waals surface area (Å²) in [4.78, 5) is 75.9. The van der Waals surface area contributed by atoms with Gasteiger partial charge < -0.3 is 42.6 Å². The summed E-state index contributed by atoms with van der Waals surface area (Å²) in [5.41, 5.74) is 12.6. The molecule has 4 amide bonds. The third kappa shape index (κ3) is 9.10. The van der Waals surface area contributed by atoms with E-state index in [0.717, 1.165) is 10.9 Å². The van der Waals surface area contributed by atoms with Gasteiger partial charge in [0.25, 0.3) is 0 Å². The Morgan fingerprint density at radius 2 is 1.49 bits per heavy atom. The van der Waals surface area contributed by atoms with Gasteiger partial charge in [0.15, 0.2) is 0 Å². The minimum Gasteiger partial charge on any atom is -0.481 e. The van der Waals surface area contributed by atoms with E-state index in [1.165, 1.54) is 0 Å². The van der Waals surface area contributed by atoms with Crippen LogP contribution in [0.2, 0.25) is 0 Å². The van der Waals surface area contributed by atoms with E-state index in [2.05, 4.69) is 20.9 Å². The molecular weight excluding hydrogens is 512 g/mol. The van der Waals surface area contributed by atoms with Crippen LogP contribution in [0.15, 0.2) is 30.5 Å². The first-order valence-corrected chi connectivity index (χ1v) is 12.2. The molecule has 0 bridgehead atoms. The highest BCUT2D eigenvalue weighted by Gasteiger charge is 2.32. The quantitative estimate of drug-likeness (QED) is 0.136. The molecule has 0 aliphatic heterocycles. The van der Waals surface area contributed by atoms with Crippen LogP contribution in [0.3, 0.4) is 0 Å². The fourth-order valence-corrected chi connectivity index (χ4v) is 3.78. The third-order valence-corrected chi connectivity index (χ3v) is 6.06. The molecule has 0 spiro atoms. The lowest BCUT2D eigenvalue weighted by molar-refractivity contribution is -0.147. The number of hydrogen-bond acceptors (Lipinski definition) is 7. The zero-order valence-electron chi connectivity index (χ0n) is 21.6. The standard InChI is InChI=1S/C25H34N6O8/c1-12(2)21(27)24(37)30-17(9-13-11-28-15-6-4-3-5-14(13)15)23(36)29-16(7-8-19(26)32)22(35)31-18(25(38)39)10-20(33)34/h3-6,11-12,16-18,21,28H,7-10,27H2,1-2H3,(H2,26,32)(H,29,36)(H,30,37)(H,31,35)(H,33,34)(H,38,39). The van der Waals surface area contributed by atoms with E-state index < -0.39 is 66.2 Å². The molecule has 1 aromatic carbocycles. The molecule has 0 saturated carbocycles. The van der Waals surface area contributed by atoms with Crippen molar-refractivity contribution in [1.82, 2.24) is 20.9 Å². The number of carbonyl (C=O) groups excluding carboxylic acids is 4. The van der Waals surface area contributed by atoms with Gasteiger partial charge in [-0.05, 0) is 24.0 Å². The number of aromatic nitrogens is 1. The maximum absolute atomic E-state index is 13.4. The lowest BCUT2D eigenvalue weighted by atomic mass is 10.0. The van der Waals surface area contributed by atoms with Gasteiger partial charge in [0.2, 0.25) is 23.6 Å². The topological polar surface area (TPSA) is 247 Å². The number of carbonyl (C=O) groups is 6. The number of para-hydroxylation sites is 1. The Kier molecular flexibility index (Phi) is 11.0. The van der Waals surface area contributed by atoms with Gasteiger partial charge in [0, 0.05) is 29.9 Å². The van der Waals surface area contributed by atoms with Crippen molar-refractivity contribution >= 4 is 46.5 Å². The van der Waals surface area contributed by atoms with Crippen molar-refractivity contribution in [1.29, 1.82) is 0 Å². The summed E-state index contributed by atoms with van der Waals surface area (Å²) in [6, 6.07) is 1.92. The molecule has 10 N–H and O–H groups in total. The van der Waals surface area contributed by atoms with Gasteiger partial charge in [-0.1, -0.05) is 32.0 Å². The number of hydrogen-bond donors (Lipinski definition) is 8. The van der Waals surface area contributed by atoms with Crippen LogP contribution in [0.5, 0.6) is 0 Å². The van der Waals surface area contributed by atoms with Crippen LogP contribution in [0.1, 0.15) is 38.7 Å². The van der Waals surface area contributed by atoms with Crippen molar-refractivity contribution in [3.63, 3.8) is 0 Å². The summed E-state index contributed by atoms with van der Waals surface area (Å²) in [5.74, 6) is -6.53. The Morgan fingerprint density at radius 3 is 2.08 bits per heavy atom. The van der Waals surface area contributed by atoms with Gasteiger partial charge in [0.1, 0.15) is 18.1 Å². The van der Waals surface area contributed by atoms with Crippen LogP contribution in [-0.4, -0.2) is 74.9 Å². The molecule has 0 aliphatic carbocycles. The van der Waals surface area contributed by atoms with E-state index in [1.807, 2.05) is 24.3 Å². The van der Waals surface area contributed by atoms with Crippen LogP contribution in [0.4, 0.5) is 0 Å². The molecular formula is C25H34N6O8. The second-order valence-corrected chi connectivity index (χ2v) is 9.46. The van der Waals surface area contributed by atoms with Crippen molar-refractivity contribution in [2.24, 2.45) is 17.4 Å². The molecule has 2 rings (SSSR count). The second-order valence-electron chi connectivity index (χ2n) is 9.46. The van der Waals surface area contributed by atoms with Gasteiger partial charge >= 0.3 is 11.9 Å². The van der Waals surface area contributed by atoms with E-state index in [-0.39, 0.29) is 25.2 Å². The SMILES string of the molecule is CC(C)C(N)C(=O)NC(Cc1c[nH]c2ccccc12)C(=O)NC(CCC(N)=O)C(=O)NC(CC(=O)O)C(=O)O. The van der Waals surface area contributed by atoms with Gasteiger partial charge in [-0.2, -0.15) is 0 Å². The van der Waals surface area contributed by atoms with Crippen molar-refractivity contribution in [3.8, 4) is 0 Å². The zero-order valence-corrected chi connectivity index (χ0v) is 21.6. The fraction of sp³-hybridized carbons (Fsp3) is 0.440. The minimum atomic E-state index is -1.78. The minimum absolute atomic E-state index is 0.00727. The summed E-state index contributed by atoms with van der Waals surface area (Å²) >= 11 is 0.